The minimum atomic E-state index is -0.734. The summed E-state index contributed by atoms with van der Waals surface area (Å²) < 4.78 is 10.1. The smallest absolute Gasteiger partial charge is 0.345 e. The number of rotatable bonds is 5. The van der Waals surface area contributed by atoms with Crippen LogP contribution in [0.25, 0.3) is 0 Å². The second-order valence-electron chi connectivity index (χ2n) is 6.10. The molecule has 0 spiro atoms. The molecule has 27 heavy (non-hydrogen) atoms. The van der Waals surface area contributed by atoms with Crippen molar-refractivity contribution < 1.29 is 19.1 Å². The number of halogens is 1. The Bertz CT molecular complexity index is 914. The van der Waals surface area contributed by atoms with E-state index < -0.39 is 17.8 Å². The molecule has 0 saturated carbocycles. The number of carbonyl (C=O) groups excluding carboxylic acids is 2. The van der Waals surface area contributed by atoms with Gasteiger partial charge in [0.15, 0.2) is 0 Å². The molecule has 7 heteroatoms. The number of dihydropyridines is 1. The maximum Gasteiger partial charge on any atom is 0.345 e. The maximum absolute atomic E-state index is 12.5. The van der Waals surface area contributed by atoms with Gasteiger partial charge in [-0.2, -0.15) is 0 Å². The number of nitrogens with one attached hydrogen (secondary N) is 1. The maximum atomic E-state index is 12.5. The van der Waals surface area contributed by atoms with Crippen LogP contribution in [-0.2, 0) is 14.3 Å². The van der Waals surface area contributed by atoms with Crippen LogP contribution in [0.2, 0.25) is 0 Å². The Morgan fingerprint density at radius 1 is 1.33 bits per heavy atom. The number of carbonyl (C=O) groups is 2. The van der Waals surface area contributed by atoms with Crippen molar-refractivity contribution in [3.8, 4) is 5.75 Å². The van der Waals surface area contributed by atoms with E-state index >= 15 is 0 Å². The summed E-state index contributed by atoms with van der Waals surface area (Å²) in [7, 11) is 2.83. The third-order valence-corrected chi connectivity index (χ3v) is 4.78. The Hall–Kier alpha value is -2.86. The fourth-order valence-electron chi connectivity index (χ4n) is 3.06. The van der Waals surface area contributed by atoms with Gasteiger partial charge in [-0.15, -0.1) is 0 Å². The lowest BCUT2D eigenvalue weighted by Gasteiger charge is -2.30. The van der Waals surface area contributed by atoms with Gasteiger partial charge in [-0.1, -0.05) is 35.9 Å². The highest BCUT2D eigenvalue weighted by Crippen LogP contribution is 2.32. The second kappa shape index (κ2) is 7.80. The van der Waals surface area contributed by atoms with Gasteiger partial charge < -0.3 is 14.8 Å². The number of aliphatic imine (C=N–C) groups is 1. The van der Waals surface area contributed by atoms with Crippen molar-refractivity contribution in [1.82, 2.24) is 5.32 Å². The fourth-order valence-corrected chi connectivity index (χ4v) is 3.29. The minimum Gasteiger partial charge on any atom is -0.497 e. The molecule has 2 aliphatic rings. The predicted octanol–water partition coefficient (Wildman–Crippen LogP) is 3.06. The van der Waals surface area contributed by atoms with Gasteiger partial charge in [0, 0.05) is 11.7 Å². The van der Waals surface area contributed by atoms with Crippen molar-refractivity contribution in [2.24, 2.45) is 10.9 Å². The van der Waals surface area contributed by atoms with Crippen molar-refractivity contribution in [2.75, 3.05) is 14.2 Å². The Kier molecular flexibility index (Phi) is 5.46. The molecule has 1 amide bonds. The quantitative estimate of drug-likeness (QED) is 0.621. The number of esters is 1. The molecule has 0 bridgehead atoms. The lowest BCUT2D eigenvalue weighted by molar-refractivity contribution is -0.137. The second-order valence-corrected chi connectivity index (χ2v) is 6.51. The van der Waals surface area contributed by atoms with Crippen LogP contribution in [0, 0.1) is 5.92 Å². The molecule has 1 aromatic carbocycles. The predicted molar refractivity (Wildman–Crippen MR) is 103 cm³/mol. The van der Waals surface area contributed by atoms with Crippen molar-refractivity contribution in [3.63, 3.8) is 0 Å². The molecular weight excluding hydrogens is 368 g/mol. The van der Waals surface area contributed by atoms with E-state index in [1.165, 1.54) is 7.11 Å². The third kappa shape index (κ3) is 3.66. The highest BCUT2D eigenvalue weighted by atomic mass is 35.5. The van der Waals surface area contributed by atoms with Crippen molar-refractivity contribution >= 4 is 29.2 Å². The summed E-state index contributed by atoms with van der Waals surface area (Å²) in [6.07, 6.45) is 5.27. The van der Waals surface area contributed by atoms with Crippen molar-refractivity contribution in [3.05, 3.63) is 64.4 Å². The number of hydrogen-bond acceptors (Lipinski definition) is 5. The van der Waals surface area contributed by atoms with Gasteiger partial charge >= 0.3 is 5.97 Å². The largest absolute Gasteiger partial charge is 0.497 e. The van der Waals surface area contributed by atoms with E-state index in [1.54, 1.807) is 19.3 Å². The number of nitrogens with zero attached hydrogens (tertiary/aromatic N) is 1. The number of hydrogen-bond donors (Lipinski definition) is 1. The van der Waals surface area contributed by atoms with Crippen LogP contribution in [0.4, 0.5) is 0 Å². The molecule has 0 radical (unpaired) electrons. The zero-order valence-electron chi connectivity index (χ0n) is 15.2. The van der Waals surface area contributed by atoms with E-state index in [-0.39, 0.29) is 11.6 Å². The van der Waals surface area contributed by atoms with Crippen LogP contribution < -0.4 is 10.1 Å². The number of amides is 1. The van der Waals surface area contributed by atoms with Gasteiger partial charge in [0.25, 0.3) is 5.91 Å². The normalized spacial score (nSPS) is 19.7. The molecule has 6 nitrogen and oxygen atoms in total. The summed E-state index contributed by atoms with van der Waals surface area (Å²) in [5.74, 6) is -1.12. The van der Waals surface area contributed by atoms with Gasteiger partial charge in [0.2, 0.25) is 0 Å². The number of allylic oxidation sites excluding steroid dienone is 4. The minimum absolute atomic E-state index is 0.114. The van der Waals surface area contributed by atoms with Crippen LogP contribution in [-0.4, -0.2) is 31.8 Å². The first-order valence-electron chi connectivity index (χ1n) is 8.36. The molecule has 1 N–H and O–H groups in total. The van der Waals surface area contributed by atoms with Crippen molar-refractivity contribution in [1.29, 1.82) is 0 Å². The molecule has 1 aliphatic carbocycles. The molecule has 3 rings (SSSR count). The summed E-state index contributed by atoms with van der Waals surface area (Å²) in [5, 5.41) is 3.65. The molecule has 2 atom stereocenters. The van der Waals surface area contributed by atoms with Crippen molar-refractivity contribution in [2.45, 2.75) is 13.0 Å². The standard InChI is InChI=1S/C20H19ClN2O4/c1-11(12-6-4-7-13(10-12)26-2)22-18-14-8-5-9-15(21)17(14)23-19(24)16(18)20(25)27-3/h4-11,14,22H,1-3H3. The molecule has 0 saturated heterocycles. The molecular formula is C20H19ClN2O4. The number of methoxy groups -OCH3 is 2. The summed E-state index contributed by atoms with van der Waals surface area (Å²) >= 11 is 6.22. The monoisotopic (exact) mass is 386 g/mol. The summed E-state index contributed by atoms with van der Waals surface area (Å²) in [6, 6.07) is 7.33. The van der Waals surface area contributed by atoms with E-state index in [4.69, 9.17) is 21.1 Å². The van der Waals surface area contributed by atoms with Gasteiger partial charge in [-0.05, 0) is 30.7 Å². The Labute approximate surface area is 162 Å². The van der Waals surface area contributed by atoms with Gasteiger partial charge in [0.1, 0.15) is 11.3 Å². The Morgan fingerprint density at radius 3 is 2.81 bits per heavy atom. The topological polar surface area (TPSA) is 77.0 Å². The number of fused-ring (bicyclic) bond motifs is 1. The van der Waals surface area contributed by atoms with Crippen LogP contribution >= 0.6 is 11.6 Å². The number of benzene rings is 1. The van der Waals surface area contributed by atoms with Gasteiger partial charge in [-0.25, -0.2) is 9.79 Å². The highest BCUT2D eigenvalue weighted by Gasteiger charge is 2.37. The van der Waals surface area contributed by atoms with E-state index in [0.29, 0.717) is 22.2 Å². The first-order valence-corrected chi connectivity index (χ1v) is 8.74. The van der Waals surface area contributed by atoms with Crippen LogP contribution in [0.1, 0.15) is 18.5 Å². The third-order valence-electron chi connectivity index (χ3n) is 4.46. The zero-order valence-corrected chi connectivity index (χ0v) is 15.9. The summed E-state index contributed by atoms with van der Waals surface area (Å²) in [6.45, 7) is 1.93. The first kappa shape index (κ1) is 18.9. The molecule has 1 aromatic rings. The van der Waals surface area contributed by atoms with E-state index in [1.807, 2.05) is 37.3 Å². The Morgan fingerprint density at radius 2 is 2.11 bits per heavy atom. The van der Waals surface area contributed by atoms with Crippen LogP contribution in [0.5, 0.6) is 5.75 Å². The Balaban J connectivity index is 2.02. The summed E-state index contributed by atoms with van der Waals surface area (Å²) in [5.41, 5.74) is 1.66. The highest BCUT2D eigenvalue weighted by molar-refractivity contribution is 6.46. The molecule has 1 aliphatic heterocycles. The lowest BCUT2D eigenvalue weighted by atomic mass is 9.88. The molecule has 2 unspecified atom stereocenters. The van der Waals surface area contributed by atoms with E-state index in [2.05, 4.69) is 10.3 Å². The average molecular weight is 387 g/mol. The molecule has 1 heterocycles. The van der Waals surface area contributed by atoms with Crippen LogP contribution in [0.15, 0.2) is 63.8 Å². The van der Waals surface area contributed by atoms with Gasteiger partial charge in [-0.3, -0.25) is 4.79 Å². The van der Waals surface area contributed by atoms with E-state index in [9.17, 15) is 9.59 Å². The van der Waals surface area contributed by atoms with E-state index in [0.717, 1.165) is 5.56 Å². The zero-order chi connectivity index (χ0) is 19.6. The lowest BCUT2D eigenvalue weighted by Crippen LogP contribution is -2.37. The molecule has 0 fully saturated rings. The SMILES string of the molecule is COC(=O)C1=C(NC(C)c2cccc(OC)c2)C2C=CC=C(Cl)C2=NC1=O. The number of ether oxygens (including phenoxy) is 2. The van der Waals surface area contributed by atoms with Gasteiger partial charge in [0.05, 0.1) is 30.9 Å². The fraction of sp³-hybridized carbons (Fsp3) is 0.250. The summed E-state index contributed by atoms with van der Waals surface area (Å²) in [4.78, 5) is 28.8. The molecule has 140 valence electrons. The van der Waals surface area contributed by atoms with Crippen LogP contribution in [0.3, 0.4) is 0 Å². The average Bonchev–Trinajstić information content (AvgIpc) is 2.68. The first-order chi connectivity index (χ1) is 13.0. The molecule has 0 aromatic heterocycles.